The van der Waals surface area contributed by atoms with Gasteiger partial charge in [0.25, 0.3) is 0 Å². The summed E-state index contributed by atoms with van der Waals surface area (Å²) in [5, 5.41) is 0.858. The van der Waals surface area contributed by atoms with Gasteiger partial charge in [0.15, 0.2) is 17.1 Å². The van der Waals surface area contributed by atoms with Crippen molar-refractivity contribution in [1.29, 1.82) is 0 Å². The zero-order valence-corrected chi connectivity index (χ0v) is 13.2. The molecule has 0 atom stereocenters. The second kappa shape index (κ2) is 6.58. The van der Waals surface area contributed by atoms with Crippen molar-refractivity contribution in [2.45, 2.75) is 0 Å². The summed E-state index contributed by atoms with van der Waals surface area (Å²) in [5.74, 6) is 0.367. The van der Waals surface area contributed by atoms with Gasteiger partial charge in [-0.1, -0.05) is 12.1 Å². The fourth-order valence-corrected chi connectivity index (χ4v) is 2.37. The Labute approximate surface area is 138 Å². The molecule has 0 saturated carbocycles. The van der Waals surface area contributed by atoms with Crippen LogP contribution in [0.5, 0.6) is 11.5 Å². The van der Waals surface area contributed by atoms with Crippen molar-refractivity contribution < 1.29 is 23.1 Å². The largest absolute Gasteiger partial charge is 0.497 e. The molecule has 0 aliphatic carbocycles. The van der Waals surface area contributed by atoms with E-state index in [1.807, 2.05) is 12.1 Å². The van der Waals surface area contributed by atoms with E-state index in [2.05, 4.69) is 0 Å². The number of methoxy groups -OCH3 is 2. The van der Waals surface area contributed by atoms with Crippen LogP contribution in [0.25, 0.3) is 17.0 Å². The first-order valence-corrected chi connectivity index (χ1v) is 7.25. The molecular weight excluding hydrogens is 311 g/mol. The summed E-state index contributed by atoms with van der Waals surface area (Å²) < 4.78 is 29.7. The van der Waals surface area contributed by atoms with E-state index in [9.17, 15) is 9.18 Å². The quantitative estimate of drug-likeness (QED) is 0.512. The topological polar surface area (TPSA) is 48.7 Å². The lowest BCUT2D eigenvalue weighted by molar-refractivity contribution is 0.104. The standard InChI is InChI=1S/C19H15FO4/c1-22-13-6-8-15(16(20)11-13)17(21)9-7-14-10-12-4-3-5-18(23-2)19(12)24-14/h3-11H,1-2H3/b9-7+. The zero-order chi connectivity index (χ0) is 17.1. The second-order valence-corrected chi connectivity index (χ2v) is 5.07. The molecule has 0 bridgehead atoms. The van der Waals surface area contributed by atoms with Crippen molar-refractivity contribution in [1.82, 2.24) is 0 Å². The van der Waals surface area contributed by atoms with Gasteiger partial charge in [-0.3, -0.25) is 4.79 Å². The number of allylic oxidation sites excluding steroid dienone is 1. The van der Waals surface area contributed by atoms with Gasteiger partial charge in [0.1, 0.15) is 17.3 Å². The molecular formula is C19H15FO4. The van der Waals surface area contributed by atoms with E-state index >= 15 is 0 Å². The van der Waals surface area contributed by atoms with E-state index in [0.29, 0.717) is 22.8 Å². The lowest BCUT2D eigenvalue weighted by Crippen LogP contribution is -1.99. The average Bonchev–Trinajstić information content (AvgIpc) is 3.02. The normalized spacial score (nSPS) is 11.1. The number of ether oxygens (including phenoxy) is 2. The molecule has 0 unspecified atom stereocenters. The highest BCUT2D eigenvalue weighted by atomic mass is 19.1. The van der Waals surface area contributed by atoms with Crippen LogP contribution in [0.15, 0.2) is 53.0 Å². The Bertz CT molecular complexity index is 924. The van der Waals surface area contributed by atoms with Crippen LogP contribution in [0.2, 0.25) is 0 Å². The maximum absolute atomic E-state index is 13.9. The molecule has 4 nitrogen and oxygen atoms in total. The van der Waals surface area contributed by atoms with Gasteiger partial charge in [0.05, 0.1) is 19.8 Å². The van der Waals surface area contributed by atoms with E-state index in [0.717, 1.165) is 5.39 Å². The Hall–Kier alpha value is -3.08. The third-order valence-electron chi connectivity index (χ3n) is 3.59. The number of fused-ring (bicyclic) bond motifs is 1. The van der Waals surface area contributed by atoms with Crippen molar-refractivity contribution in [3.8, 4) is 11.5 Å². The van der Waals surface area contributed by atoms with Gasteiger partial charge < -0.3 is 13.9 Å². The number of halogens is 1. The molecule has 0 aliphatic heterocycles. The Morgan fingerprint density at radius 2 is 1.96 bits per heavy atom. The molecule has 0 fully saturated rings. The summed E-state index contributed by atoms with van der Waals surface area (Å²) in [6.45, 7) is 0. The van der Waals surface area contributed by atoms with Crippen LogP contribution < -0.4 is 9.47 Å². The number of ketones is 1. The van der Waals surface area contributed by atoms with Crippen molar-refractivity contribution >= 4 is 22.8 Å². The summed E-state index contributed by atoms with van der Waals surface area (Å²) in [7, 11) is 2.99. The minimum atomic E-state index is -0.629. The minimum Gasteiger partial charge on any atom is -0.497 e. The molecule has 0 spiro atoms. The van der Waals surface area contributed by atoms with Crippen LogP contribution in [-0.2, 0) is 0 Å². The van der Waals surface area contributed by atoms with Crippen LogP contribution in [0.1, 0.15) is 16.1 Å². The fraction of sp³-hybridized carbons (Fsp3) is 0.105. The van der Waals surface area contributed by atoms with Gasteiger partial charge in [0.2, 0.25) is 0 Å². The van der Waals surface area contributed by atoms with Crippen molar-refractivity contribution in [2.24, 2.45) is 0 Å². The van der Waals surface area contributed by atoms with Crippen molar-refractivity contribution in [2.75, 3.05) is 14.2 Å². The highest BCUT2D eigenvalue weighted by Crippen LogP contribution is 2.29. The van der Waals surface area contributed by atoms with Gasteiger partial charge in [0, 0.05) is 11.5 Å². The Morgan fingerprint density at radius 3 is 2.67 bits per heavy atom. The number of hydrogen-bond donors (Lipinski definition) is 0. The number of rotatable bonds is 5. The van der Waals surface area contributed by atoms with Gasteiger partial charge >= 0.3 is 0 Å². The van der Waals surface area contributed by atoms with Gasteiger partial charge in [-0.15, -0.1) is 0 Å². The van der Waals surface area contributed by atoms with E-state index < -0.39 is 11.6 Å². The maximum Gasteiger partial charge on any atom is 0.188 e. The first kappa shape index (κ1) is 15.8. The van der Waals surface area contributed by atoms with Crippen LogP contribution in [0.3, 0.4) is 0 Å². The Morgan fingerprint density at radius 1 is 1.12 bits per heavy atom. The predicted molar refractivity (Wildman–Crippen MR) is 89.1 cm³/mol. The van der Waals surface area contributed by atoms with E-state index in [-0.39, 0.29) is 5.56 Å². The fourth-order valence-electron chi connectivity index (χ4n) is 2.37. The molecule has 1 aromatic heterocycles. The molecule has 0 amide bonds. The van der Waals surface area contributed by atoms with Gasteiger partial charge in [-0.25, -0.2) is 4.39 Å². The smallest absolute Gasteiger partial charge is 0.188 e. The number of carbonyl (C=O) groups excluding carboxylic acids is 1. The van der Waals surface area contributed by atoms with Crippen molar-refractivity contribution in [3.63, 3.8) is 0 Å². The molecule has 1 heterocycles. The molecule has 122 valence electrons. The summed E-state index contributed by atoms with van der Waals surface area (Å²) >= 11 is 0. The number of para-hydroxylation sites is 1. The van der Waals surface area contributed by atoms with Crippen LogP contribution in [0, 0.1) is 5.82 Å². The van der Waals surface area contributed by atoms with Crippen LogP contribution >= 0.6 is 0 Å². The predicted octanol–water partition coefficient (Wildman–Crippen LogP) is 4.49. The lowest BCUT2D eigenvalue weighted by atomic mass is 10.1. The molecule has 2 aromatic carbocycles. The van der Waals surface area contributed by atoms with E-state index in [1.165, 1.54) is 37.5 Å². The van der Waals surface area contributed by atoms with Crippen molar-refractivity contribution in [3.05, 3.63) is 65.7 Å². The summed E-state index contributed by atoms with van der Waals surface area (Å²) in [6.07, 6.45) is 2.78. The molecule has 3 aromatic rings. The molecule has 0 radical (unpaired) electrons. The Balaban J connectivity index is 1.86. The summed E-state index contributed by atoms with van der Waals surface area (Å²) in [6, 6.07) is 11.4. The average molecular weight is 326 g/mol. The summed E-state index contributed by atoms with van der Waals surface area (Å²) in [5.41, 5.74) is 0.573. The molecule has 0 aliphatic rings. The highest BCUT2D eigenvalue weighted by Gasteiger charge is 2.11. The first-order valence-electron chi connectivity index (χ1n) is 7.25. The number of hydrogen-bond acceptors (Lipinski definition) is 4. The highest BCUT2D eigenvalue weighted by molar-refractivity contribution is 6.07. The van der Waals surface area contributed by atoms with Gasteiger partial charge in [-0.05, 0) is 36.4 Å². The maximum atomic E-state index is 13.9. The molecule has 0 N–H and O–H groups in total. The molecule has 0 saturated heterocycles. The zero-order valence-electron chi connectivity index (χ0n) is 13.2. The molecule has 5 heteroatoms. The SMILES string of the molecule is COc1ccc(C(=O)/C=C/c2cc3cccc(OC)c3o2)c(F)c1. The van der Waals surface area contributed by atoms with E-state index in [4.69, 9.17) is 13.9 Å². The molecule has 24 heavy (non-hydrogen) atoms. The first-order chi connectivity index (χ1) is 11.6. The van der Waals surface area contributed by atoms with Gasteiger partial charge in [-0.2, -0.15) is 0 Å². The number of furan rings is 1. The molecule has 3 rings (SSSR count). The van der Waals surface area contributed by atoms with E-state index in [1.54, 1.807) is 19.2 Å². The Kier molecular flexibility index (Phi) is 4.33. The monoisotopic (exact) mass is 326 g/mol. The third kappa shape index (κ3) is 3.01. The second-order valence-electron chi connectivity index (χ2n) is 5.07. The van der Waals surface area contributed by atoms with Crippen LogP contribution in [0.4, 0.5) is 4.39 Å². The minimum absolute atomic E-state index is 0.0271. The number of carbonyl (C=O) groups is 1. The lowest BCUT2D eigenvalue weighted by Gasteiger charge is -2.02. The summed E-state index contributed by atoms with van der Waals surface area (Å²) in [4.78, 5) is 12.1. The number of benzene rings is 2. The third-order valence-corrected chi connectivity index (χ3v) is 3.59. The van der Waals surface area contributed by atoms with Crippen LogP contribution in [-0.4, -0.2) is 20.0 Å².